The molecular weight excluding hydrogens is 477 g/mol. The van der Waals surface area contributed by atoms with Gasteiger partial charge in [0.25, 0.3) is 0 Å². The van der Waals surface area contributed by atoms with Gasteiger partial charge in [-0.3, -0.25) is 14.2 Å². The minimum absolute atomic E-state index is 0.119. The van der Waals surface area contributed by atoms with Crippen LogP contribution in [0.3, 0.4) is 0 Å². The first-order valence-electron chi connectivity index (χ1n) is 11.6. The highest BCUT2D eigenvalue weighted by molar-refractivity contribution is 7.15. The fourth-order valence-electron chi connectivity index (χ4n) is 4.38. The number of carbonyl (C=O) groups is 1. The quantitative estimate of drug-likeness (QED) is 0.335. The summed E-state index contributed by atoms with van der Waals surface area (Å²) in [5.74, 6) is -0.827. The summed E-state index contributed by atoms with van der Waals surface area (Å²) in [6, 6.07) is 14.5. The fourth-order valence-corrected chi connectivity index (χ4v) is 5.36. The summed E-state index contributed by atoms with van der Waals surface area (Å²) < 4.78 is 16.9. The van der Waals surface area contributed by atoms with Crippen molar-refractivity contribution >= 4 is 28.0 Å². The van der Waals surface area contributed by atoms with Crippen LogP contribution in [0.5, 0.6) is 0 Å². The summed E-state index contributed by atoms with van der Waals surface area (Å²) in [5, 5.41) is 13.6. The van der Waals surface area contributed by atoms with Gasteiger partial charge >= 0.3 is 0 Å². The average molecular weight is 500 g/mol. The van der Waals surface area contributed by atoms with Crippen molar-refractivity contribution in [1.29, 1.82) is 0 Å². The molecule has 1 saturated carbocycles. The Morgan fingerprint density at radius 2 is 1.97 bits per heavy atom. The van der Waals surface area contributed by atoms with Crippen molar-refractivity contribution in [3.8, 4) is 22.5 Å². The van der Waals surface area contributed by atoms with E-state index >= 15 is 0 Å². The van der Waals surface area contributed by atoms with Gasteiger partial charge in [-0.15, -0.1) is 0 Å². The van der Waals surface area contributed by atoms with E-state index in [0.29, 0.717) is 23.5 Å². The fraction of sp³-hybridized carbons (Fsp3) is 0.185. The van der Waals surface area contributed by atoms with Crippen LogP contribution in [-0.4, -0.2) is 30.4 Å². The number of anilines is 1. The standard InChI is InChI=1S/C27H22FN5O2S/c28-20-12-19(22-15-30-24-13-18(7-11-33(22)24)21-4-1-2-10-29-21)6-5-17(20)14-25(34)32-26-31-16-23(36-26)27(35)8-3-9-27/h1-2,4-7,10-13,15-16,35H,3,8-9,14H2,(H,31,32,34). The van der Waals surface area contributed by atoms with Crippen molar-refractivity contribution < 1.29 is 14.3 Å². The molecule has 4 heterocycles. The third kappa shape index (κ3) is 4.16. The Balaban J connectivity index is 1.18. The van der Waals surface area contributed by atoms with Gasteiger partial charge in [0.1, 0.15) is 17.1 Å². The van der Waals surface area contributed by atoms with Crippen molar-refractivity contribution in [3.63, 3.8) is 0 Å². The lowest BCUT2D eigenvalue weighted by molar-refractivity contribution is -0.115. The molecule has 0 saturated heterocycles. The molecule has 9 heteroatoms. The third-order valence-corrected chi connectivity index (χ3v) is 7.67. The smallest absolute Gasteiger partial charge is 0.230 e. The number of hydrogen-bond donors (Lipinski definition) is 2. The van der Waals surface area contributed by atoms with E-state index in [1.807, 2.05) is 40.9 Å². The van der Waals surface area contributed by atoms with Crippen LogP contribution in [0.2, 0.25) is 0 Å². The molecule has 0 radical (unpaired) electrons. The predicted molar refractivity (Wildman–Crippen MR) is 136 cm³/mol. The molecule has 180 valence electrons. The molecule has 0 unspecified atom stereocenters. The molecule has 0 spiro atoms. The molecule has 2 N–H and O–H groups in total. The first-order valence-corrected chi connectivity index (χ1v) is 12.5. The molecule has 1 aliphatic carbocycles. The van der Waals surface area contributed by atoms with E-state index < -0.39 is 11.4 Å². The van der Waals surface area contributed by atoms with Crippen molar-refractivity contribution in [1.82, 2.24) is 19.4 Å². The summed E-state index contributed by atoms with van der Waals surface area (Å²) in [7, 11) is 0. The number of nitrogens with zero attached hydrogens (tertiary/aromatic N) is 4. The Bertz CT molecular complexity index is 1580. The van der Waals surface area contributed by atoms with E-state index in [4.69, 9.17) is 0 Å². The number of aromatic nitrogens is 4. The molecule has 1 amide bonds. The SMILES string of the molecule is O=C(Cc1ccc(-c2cnc3cc(-c4ccccn4)ccn23)cc1F)Nc1ncc(C2(O)CCC2)s1. The van der Waals surface area contributed by atoms with E-state index in [1.165, 1.54) is 17.4 Å². The number of benzene rings is 1. The Morgan fingerprint density at radius 3 is 2.72 bits per heavy atom. The number of pyridine rings is 2. The van der Waals surface area contributed by atoms with Crippen LogP contribution in [-0.2, 0) is 16.8 Å². The first-order chi connectivity index (χ1) is 17.5. The van der Waals surface area contributed by atoms with Crippen LogP contribution >= 0.6 is 11.3 Å². The van der Waals surface area contributed by atoms with Crippen molar-refractivity contribution in [3.05, 3.63) is 89.6 Å². The van der Waals surface area contributed by atoms with Gasteiger partial charge in [-0.05, 0) is 55.2 Å². The van der Waals surface area contributed by atoms with Crippen molar-refractivity contribution in [2.45, 2.75) is 31.3 Å². The number of fused-ring (bicyclic) bond motifs is 1. The second-order valence-corrected chi connectivity index (χ2v) is 9.98. The average Bonchev–Trinajstić information content (AvgIpc) is 3.51. The highest BCUT2D eigenvalue weighted by Gasteiger charge is 2.38. The lowest BCUT2D eigenvalue weighted by Crippen LogP contribution is -2.32. The van der Waals surface area contributed by atoms with E-state index in [2.05, 4.69) is 20.3 Å². The maximum atomic E-state index is 15.0. The van der Waals surface area contributed by atoms with Gasteiger partial charge < -0.3 is 10.4 Å². The molecule has 0 bridgehead atoms. The van der Waals surface area contributed by atoms with E-state index in [1.54, 1.807) is 30.7 Å². The van der Waals surface area contributed by atoms with Crippen LogP contribution < -0.4 is 5.32 Å². The number of aliphatic hydroxyl groups is 1. The summed E-state index contributed by atoms with van der Waals surface area (Å²) in [4.78, 5) is 26.3. The van der Waals surface area contributed by atoms with Crippen LogP contribution in [0.4, 0.5) is 9.52 Å². The molecule has 4 aromatic heterocycles. The number of rotatable bonds is 6. The number of nitrogens with one attached hydrogen (secondary N) is 1. The Labute approximate surface area is 210 Å². The number of carbonyl (C=O) groups excluding carboxylic acids is 1. The highest BCUT2D eigenvalue weighted by atomic mass is 32.1. The first kappa shape index (κ1) is 22.5. The number of halogens is 1. The normalized spacial score (nSPS) is 14.5. The lowest BCUT2D eigenvalue weighted by Gasteiger charge is -2.35. The maximum absolute atomic E-state index is 15.0. The molecule has 0 atom stereocenters. The maximum Gasteiger partial charge on any atom is 0.230 e. The molecule has 1 aliphatic rings. The molecule has 1 aromatic carbocycles. The van der Waals surface area contributed by atoms with Gasteiger partial charge in [0.15, 0.2) is 5.13 Å². The minimum Gasteiger partial charge on any atom is -0.384 e. The van der Waals surface area contributed by atoms with Gasteiger partial charge in [0, 0.05) is 29.7 Å². The number of amides is 1. The molecule has 6 rings (SSSR count). The largest absolute Gasteiger partial charge is 0.384 e. The zero-order valence-electron chi connectivity index (χ0n) is 19.2. The second-order valence-electron chi connectivity index (χ2n) is 8.95. The predicted octanol–water partition coefficient (Wildman–Crippen LogP) is 5.21. The van der Waals surface area contributed by atoms with Gasteiger partial charge in [-0.25, -0.2) is 14.4 Å². The Morgan fingerprint density at radius 1 is 1.08 bits per heavy atom. The zero-order valence-corrected chi connectivity index (χ0v) is 20.0. The summed E-state index contributed by atoms with van der Waals surface area (Å²) in [6.45, 7) is 0. The topological polar surface area (TPSA) is 92.4 Å². The van der Waals surface area contributed by atoms with Gasteiger partial charge in [-0.1, -0.05) is 29.5 Å². The number of imidazole rings is 1. The molecule has 0 aliphatic heterocycles. The van der Waals surface area contributed by atoms with E-state index in [9.17, 15) is 14.3 Å². The molecule has 7 nitrogen and oxygen atoms in total. The van der Waals surface area contributed by atoms with Crippen LogP contribution in [0.25, 0.3) is 28.2 Å². The van der Waals surface area contributed by atoms with Crippen LogP contribution in [0, 0.1) is 5.82 Å². The van der Waals surface area contributed by atoms with E-state index in [-0.39, 0.29) is 17.9 Å². The van der Waals surface area contributed by atoms with Gasteiger partial charge in [-0.2, -0.15) is 0 Å². The zero-order chi connectivity index (χ0) is 24.7. The van der Waals surface area contributed by atoms with Crippen LogP contribution in [0.15, 0.2) is 73.3 Å². The van der Waals surface area contributed by atoms with Crippen LogP contribution in [0.1, 0.15) is 29.7 Å². The lowest BCUT2D eigenvalue weighted by atomic mass is 9.79. The second kappa shape index (κ2) is 8.92. The van der Waals surface area contributed by atoms with E-state index in [0.717, 1.165) is 33.9 Å². The molecule has 5 aromatic rings. The molecule has 36 heavy (non-hydrogen) atoms. The third-order valence-electron chi connectivity index (χ3n) is 6.57. The number of hydrogen-bond acceptors (Lipinski definition) is 6. The van der Waals surface area contributed by atoms with Crippen molar-refractivity contribution in [2.24, 2.45) is 0 Å². The summed E-state index contributed by atoms with van der Waals surface area (Å²) >= 11 is 1.26. The summed E-state index contributed by atoms with van der Waals surface area (Å²) in [6.07, 6.45) is 9.21. The number of thiazole rings is 1. The van der Waals surface area contributed by atoms with Crippen molar-refractivity contribution in [2.75, 3.05) is 5.32 Å². The Hall–Kier alpha value is -3.95. The monoisotopic (exact) mass is 499 g/mol. The van der Waals surface area contributed by atoms with Gasteiger partial charge in [0.2, 0.25) is 5.91 Å². The minimum atomic E-state index is -0.819. The summed E-state index contributed by atoms with van der Waals surface area (Å²) in [5.41, 5.74) is 3.40. The molecular formula is C27H22FN5O2S. The van der Waals surface area contributed by atoms with Gasteiger partial charge in [0.05, 0.1) is 28.9 Å². The Kier molecular flexibility index (Phi) is 5.58. The molecule has 1 fully saturated rings. The highest BCUT2D eigenvalue weighted by Crippen LogP contribution is 2.44.